The number of hydrogen-bond acceptors (Lipinski definition) is 2. The van der Waals surface area contributed by atoms with Crippen LogP contribution in [0.1, 0.15) is 40.0 Å². The second-order valence-corrected chi connectivity index (χ2v) is 3.67. The smallest absolute Gasteiger partial charge is 0.152 e. The molecule has 0 saturated heterocycles. The number of hydrogen-bond donors (Lipinski definition) is 0. The number of ketones is 1. The molecule has 0 bridgehead atoms. The third-order valence-corrected chi connectivity index (χ3v) is 2.08. The minimum atomic E-state index is 0.136. The van der Waals surface area contributed by atoms with Gasteiger partial charge in [0.2, 0.25) is 0 Å². The summed E-state index contributed by atoms with van der Waals surface area (Å²) in [6.07, 6.45) is 7.28. The Kier molecular flexibility index (Phi) is 8.54. The van der Waals surface area contributed by atoms with Crippen LogP contribution in [0.15, 0.2) is 12.2 Å². The van der Waals surface area contributed by atoms with Crippen LogP contribution in [0.2, 0.25) is 0 Å². The quantitative estimate of drug-likeness (QED) is 0.558. The van der Waals surface area contributed by atoms with Crippen molar-refractivity contribution in [2.24, 2.45) is 0 Å². The maximum absolute atomic E-state index is 10.7. The third-order valence-electron chi connectivity index (χ3n) is 2.08. The molecule has 82 valence electrons. The van der Waals surface area contributed by atoms with E-state index >= 15 is 0 Å². The summed E-state index contributed by atoms with van der Waals surface area (Å²) >= 11 is 0. The first-order valence-corrected chi connectivity index (χ1v) is 5.60. The van der Waals surface area contributed by atoms with Gasteiger partial charge in [0.15, 0.2) is 5.78 Å². The molecule has 0 amide bonds. The molecular weight excluding hydrogens is 174 g/mol. The molecule has 0 spiro atoms. The van der Waals surface area contributed by atoms with E-state index in [0.29, 0.717) is 0 Å². The van der Waals surface area contributed by atoms with Gasteiger partial charge in [0.25, 0.3) is 0 Å². The van der Waals surface area contributed by atoms with Crippen LogP contribution in [-0.4, -0.2) is 30.3 Å². The zero-order valence-corrected chi connectivity index (χ0v) is 9.75. The van der Waals surface area contributed by atoms with Gasteiger partial charge in [0, 0.05) is 6.54 Å². The molecule has 0 heterocycles. The molecule has 14 heavy (non-hydrogen) atoms. The number of rotatable bonds is 8. The second kappa shape index (κ2) is 8.95. The Bertz CT molecular complexity index is 175. The van der Waals surface area contributed by atoms with Crippen LogP contribution in [0, 0.1) is 0 Å². The maximum atomic E-state index is 10.7. The summed E-state index contributed by atoms with van der Waals surface area (Å²) in [7, 11) is 0. The van der Waals surface area contributed by atoms with E-state index < -0.39 is 0 Å². The minimum Gasteiger partial charge on any atom is -0.300 e. The van der Waals surface area contributed by atoms with Crippen molar-refractivity contribution >= 4 is 5.78 Å². The molecule has 2 nitrogen and oxygen atoms in total. The average molecular weight is 197 g/mol. The molecule has 0 fully saturated rings. The molecule has 0 N–H and O–H groups in total. The summed E-state index contributed by atoms with van der Waals surface area (Å²) in [5, 5.41) is 0. The van der Waals surface area contributed by atoms with Crippen LogP contribution in [0.5, 0.6) is 0 Å². The Morgan fingerprint density at radius 3 is 2.43 bits per heavy atom. The van der Waals surface area contributed by atoms with Crippen molar-refractivity contribution < 1.29 is 4.79 Å². The lowest BCUT2D eigenvalue weighted by atomic mass is 10.3. The van der Waals surface area contributed by atoms with Crippen molar-refractivity contribution in [1.29, 1.82) is 0 Å². The number of unbranched alkanes of at least 4 members (excludes halogenated alkanes) is 1. The van der Waals surface area contributed by atoms with Gasteiger partial charge in [-0.15, -0.1) is 0 Å². The monoisotopic (exact) mass is 197 g/mol. The van der Waals surface area contributed by atoms with Gasteiger partial charge in [-0.1, -0.05) is 26.3 Å². The molecular formula is C12H23NO. The number of carbonyl (C=O) groups excluding carboxylic acids is 1. The highest BCUT2D eigenvalue weighted by Gasteiger charge is 1.99. The largest absolute Gasteiger partial charge is 0.300 e. The summed E-state index contributed by atoms with van der Waals surface area (Å²) in [6, 6.07) is 0. The van der Waals surface area contributed by atoms with E-state index in [0.717, 1.165) is 19.6 Å². The molecule has 0 aliphatic heterocycles. The predicted octanol–water partition coefficient (Wildman–Crippen LogP) is 2.64. The van der Waals surface area contributed by atoms with E-state index in [-0.39, 0.29) is 5.78 Å². The zero-order chi connectivity index (χ0) is 10.8. The first kappa shape index (κ1) is 13.4. The summed E-state index contributed by atoms with van der Waals surface area (Å²) in [4.78, 5) is 13.1. The van der Waals surface area contributed by atoms with Gasteiger partial charge in [-0.2, -0.15) is 0 Å². The number of allylic oxidation sites excluding steroid dienone is 1. The lowest BCUT2D eigenvalue weighted by Gasteiger charge is -2.19. The van der Waals surface area contributed by atoms with E-state index in [4.69, 9.17) is 0 Å². The molecule has 0 radical (unpaired) electrons. The fraction of sp³-hybridized carbons (Fsp3) is 0.750. The van der Waals surface area contributed by atoms with Crippen LogP contribution in [0.25, 0.3) is 0 Å². The van der Waals surface area contributed by atoms with Crippen LogP contribution >= 0.6 is 0 Å². The molecule has 0 aromatic rings. The molecule has 0 aromatic carbocycles. The van der Waals surface area contributed by atoms with E-state index in [9.17, 15) is 4.79 Å². The normalized spacial score (nSPS) is 11.4. The number of nitrogens with zero attached hydrogens (tertiary/aromatic N) is 1. The highest BCUT2D eigenvalue weighted by molar-refractivity contribution is 5.87. The molecule has 0 aliphatic carbocycles. The highest BCUT2D eigenvalue weighted by atomic mass is 16.1. The van der Waals surface area contributed by atoms with Gasteiger partial charge in [-0.05, 0) is 38.9 Å². The fourth-order valence-corrected chi connectivity index (χ4v) is 1.36. The predicted molar refractivity (Wildman–Crippen MR) is 61.5 cm³/mol. The summed E-state index contributed by atoms with van der Waals surface area (Å²) in [5.41, 5.74) is 0. The maximum Gasteiger partial charge on any atom is 0.152 e. The van der Waals surface area contributed by atoms with Crippen LogP contribution < -0.4 is 0 Å². The Hall–Kier alpha value is -0.630. The minimum absolute atomic E-state index is 0.136. The Morgan fingerprint density at radius 2 is 1.93 bits per heavy atom. The van der Waals surface area contributed by atoms with Gasteiger partial charge in [0.05, 0.1) is 0 Å². The Morgan fingerprint density at radius 1 is 1.21 bits per heavy atom. The van der Waals surface area contributed by atoms with Crippen molar-refractivity contribution in [3.05, 3.63) is 12.2 Å². The fourth-order valence-electron chi connectivity index (χ4n) is 1.36. The molecule has 0 atom stereocenters. The van der Waals surface area contributed by atoms with Crippen molar-refractivity contribution in [1.82, 2.24) is 4.90 Å². The van der Waals surface area contributed by atoms with Crippen molar-refractivity contribution in [3.8, 4) is 0 Å². The average Bonchev–Trinajstić information content (AvgIpc) is 2.13. The first-order valence-electron chi connectivity index (χ1n) is 5.60. The van der Waals surface area contributed by atoms with Crippen LogP contribution in [0.4, 0.5) is 0 Å². The van der Waals surface area contributed by atoms with Gasteiger partial charge < -0.3 is 0 Å². The van der Waals surface area contributed by atoms with Gasteiger partial charge >= 0.3 is 0 Å². The molecule has 0 saturated carbocycles. The SMILES string of the molecule is CCCCN(C/C=C/C(C)=O)CCC. The van der Waals surface area contributed by atoms with Gasteiger partial charge in [-0.3, -0.25) is 9.69 Å². The number of carbonyl (C=O) groups is 1. The summed E-state index contributed by atoms with van der Waals surface area (Å²) < 4.78 is 0. The topological polar surface area (TPSA) is 20.3 Å². The molecule has 0 aromatic heterocycles. The van der Waals surface area contributed by atoms with E-state index in [1.807, 2.05) is 6.08 Å². The Balaban J connectivity index is 3.77. The van der Waals surface area contributed by atoms with Gasteiger partial charge in [0.1, 0.15) is 0 Å². The summed E-state index contributed by atoms with van der Waals surface area (Å²) in [5.74, 6) is 0.136. The summed E-state index contributed by atoms with van der Waals surface area (Å²) in [6.45, 7) is 9.16. The Labute approximate surface area is 88.0 Å². The zero-order valence-electron chi connectivity index (χ0n) is 9.75. The van der Waals surface area contributed by atoms with Crippen molar-refractivity contribution in [2.75, 3.05) is 19.6 Å². The molecule has 0 rings (SSSR count). The lowest BCUT2D eigenvalue weighted by Crippen LogP contribution is -2.25. The molecule has 0 unspecified atom stereocenters. The van der Waals surface area contributed by atoms with Crippen LogP contribution in [0.3, 0.4) is 0 Å². The van der Waals surface area contributed by atoms with E-state index in [1.165, 1.54) is 19.3 Å². The first-order chi connectivity index (χ1) is 6.70. The lowest BCUT2D eigenvalue weighted by molar-refractivity contribution is -0.112. The van der Waals surface area contributed by atoms with E-state index in [1.54, 1.807) is 13.0 Å². The van der Waals surface area contributed by atoms with Crippen LogP contribution in [-0.2, 0) is 4.79 Å². The molecule has 0 aliphatic rings. The third kappa shape index (κ3) is 7.99. The van der Waals surface area contributed by atoms with Crippen molar-refractivity contribution in [3.63, 3.8) is 0 Å². The van der Waals surface area contributed by atoms with Crippen molar-refractivity contribution in [2.45, 2.75) is 40.0 Å². The molecule has 2 heteroatoms. The second-order valence-electron chi connectivity index (χ2n) is 3.67. The standard InChI is InChI=1S/C12H23NO/c1-4-6-10-13(9-5-2)11-7-8-12(3)14/h7-8H,4-6,9-11H2,1-3H3/b8-7+. The van der Waals surface area contributed by atoms with Gasteiger partial charge in [-0.25, -0.2) is 0 Å². The highest BCUT2D eigenvalue weighted by Crippen LogP contribution is 1.97. The van der Waals surface area contributed by atoms with E-state index in [2.05, 4.69) is 18.7 Å².